The van der Waals surface area contributed by atoms with Crippen LogP contribution in [0.5, 0.6) is 0 Å². The topological polar surface area (TPSA) is 33.1 Å². The van der Waals surface area contributed by atoms with Crippen LogP contribution in [0.25, 0.3) is 0 Å². The summed E-state index contributed by atoms with van der Waals surface area (Å²) in [6, 6.07) is 6.81. The number of rotatable bonds is 1. The Morgan fingerprint density at radius 2 is 2.21 bits per heavy atom. The smallest absolute Gasteiger partial charge is 0.128 e. The summed E-state index contributed by atoms with van der Waals surface area (Å²) in [4.78, 5) is 6.86. The predicted octanol–water partition coefficient (Wildman–Crippen LogP) is 2.26. The molecule has 0 aliphatic carbocycles. The minimum Gasteiger partial charge on any atom is -0.385 e. The highest BCUT2D eigenvalue weighted by Gasteiger charge is 2.18. The number of anilines is 2. The molecule has 1 aromatic heterocycles. The van der Waals surface area contributed by atoms with E-state index in [0.717, 1.165) is 26.2 Å². The van der Waals surface area contributed by atoms with Gasteiger partial charge in [0.2, 0.25) is 0 Å². The van der Waals surface area contributed by atoms with Crippen molar-refractivity contribution in [3.8, 4) is 0 Å². The molecule has 4 nitrogen and oxygen atoms in total. The lowest BCUT2D eigenvalue weighted by Crippen LogP contribution is -2.33. The van der Waals surface area contributed by atoms with Gasteiger partial charge in [-0.25, -0.2) is 4.98 Å². The molecule has 0 fully saturated rings. The molecule has 3 heterocycles. The van der Waals surface area contributed by atoms with Crippen LogP contribution in [0, 0.1) is 0 Å². The number of aromatic nitrogens is 2. The van der Waals surface area contributed by atoms with Gasteiger partial charge in [0, 0.05) is 43.4 Å². The molecule has 19 heavy (non-hydrogen) atoms. The van der Waals surface area contributed by atoms with Crippen molar-refractivity contribution < 1.29 is 0 Å². The first kappa shape index (κ1) is 10.9. The van der Waals surface area contributed by atoms with Crippen LogP contribution >= 0.6 is 0 Å². The summed E-state index contributed by atoms with van der Waals surface area (Å²) in [5.74, 6) is 1.17. The van der Waals surface area contributed by atoms with Gasteiger partial charge in [-0.2, -0.15) is 0 Å². The van der Waals surface area contributed by atoms with Crippen molar-refractivity contribution in [2.75, 3.05) is 23.3 Å². The molecule has 98 valence electrons. The average molecular weight is 254 g/mol. The van der Waals surface area contributed by atoms with E-state index in [1.165, 1.54) is 35.6 Å². The zero-order chi connectivity index (χ0) is 12.7. The summed E-state index contributed by atoms with van der Waals surface area (Å²) in [7, 11) is 0. The second kappa shape index (κ2) is 4.30. The lowest BCUT2D eigenvalue weighted by Gasteiger charge is -2.30. The van der Waals surface area contributed by atoms with Crippen molar-refractivity contribution in [2.24, 2.45) is 0 Å². The molecule has 0 saturated carbocycles. The van der Waals surface area contributed by atoms with E-state index in [9.17, 15) is 0 Å². The first-order valence-corrected chi connectivity index (χ1v) is 7.02. The fourth-order valence-corrected chi connectivity index (χ4v) is 3.05. The van der Waals surface area contributed by atoms with E-state index in [0.29, 0.717) is 0 Å². The number of nitrogens with zero attached hydrogens (tertiary/aromatic N) is 3. The normalized spacial score (nSPS) is 17.6. The second-order valence-electron chi connectivity index (χ2n) is 5.33. The van der Waals surface area contributed by atoms with Gasteiger partial charge in [0.05, 0.1) is 6.54 Å². The Balaban J connectivity index is 1.63. The van der Waals surface area contributed by atoms with Crippen LogP contribution in [0.1, 0.15) is 17.8 Å². The molecule has 0 radical (unpaired) electrons. The summed E-state index contributed by atoms with van der Waals surface area (Å²) >= 11 is 0. The SMILES string of the molecule is c1cn2c(n1)CN(c1ccc3c(c1)CCCN3)CC2. The fraction of sp³-hybridized carbons (Fsp3) is 0.400. The van der Waals surface area contributed by atoms with Crippen LogP contribution in [0.4, 0.5) is 11.4 Å². The maximum atomic E-state index is 4.43. The van der Waals surface area contributed by atoms with Crippen LogP contribution in [0.2, 0.25) is 0 Å². The Bertz CT molecular complexity index is 602. The molecule has 4 heteroatoms. The highest BCUT2D eigenvalue weighted by Crippen LogP contribution is 2.28. The van der Waals surface area contributed by atoms with Crippen LogP contribution in [0.15, 0.2) is 30.6 Å². The lowest BCUT2D eigenvalue weighted by atomic mass is 10.0. The highest BCUT2D eigenvalue weighted by atomic mass is 15.2. The molecule has 0 amide bonds. The van der Waals surface area contributed by atoms with E-state index < -0.39 is 0 Å². The lowest BCUT2D eigenvalue weighted by molar-refractivity contribution is 0.560. The maximum absolute atomic E-state index is 4.43. The highest BCUT2D eigenvalue weighted by molar-refractivity contribution is 5.61. The van der Waals surface area contributed by atoms with Crippen molar-refractivity contribution in [1.29, 1.82) is 0 Å². The Morgan fingerprint density at radius 1 is 1.21 bits per heavy atom. The van der Waals surface area contributed by atoms with Gasteiger partial charge in [0.25, 0.3) is 0 Å². The summed E-state index contributed by atoms with van der Waals surface area (Å²) in [5, 5.41) is 3.47. The third-order valence-corrected chi connectivity index (χ3v) is 4.14. The van der Waals surface area contributed by atoms with Crippen LogP contribution in [-0.2, 0) is 19.5 Å². The number of imidazole rings is 1. The maximum Gasteiger partial charge on any atom is 0.128 e. The number of hydrogen-bond acceptors (Lipinski definition) is 3. The average Bonchev–Trinajstić information content (AvgIpc) is 2.94. The Morgan fingerprint density at radius 3 is 3.21 bits per heavy atom. The predicted molar refractivity (Wildman–Crippen MR) is 76.5 cm³/mol. The molecule has 0 bridgehead atoms. The van der Waals surface area contributed by atoms with Gasteiger partial charge in [-0.1, -0.05) is 0 Å². The number of nitrogens with one attached hydrogen (secondary N) is 1. The molecule has 1 aromatic carbocycles. The van der Waals surface area contributed by atoms with Crippen molar-refractivity contribution in [1.82, 2.24) is 9.55 Å². The minimum atomic E-state index is 0.916. The molecule has 2 aliphatic heterocycles. The zero-order valence-electron chi connectivity index (χ0n) is 11.0. The van der Waals surface area contributed by atoms with Gasteiger partial charge in [-0.3, -0.25) is 0 Å². The Labute approximate surface area is 113 Å². The molecular weight excluding hydrogens is 236 g/mol. The third kappa shape index (κ3) is 1.87. The van der Waals surface area contributed by atoms with E-state index in [4.69, 9.17) is 0 Å². The molecule has 4 rings (SSSR count). The van der Waals surface area contributed by atoms with Crippen molar-refractivity contribution in [3.05, 3.63) is 42.0 Å². The van der Waals surface area contributed by atoms with Gasteiger partial charge in [0.1, 0.15) is 5.82 Å². The van der Waals surface area contributed by atoms with Crippen LogP contribution in [-0.4, -0.2) is 22.6 Å². The van der Waals surface area contributed by atoms with E-state index in [1.54, 1.807) is 0 Å². The molecule has 1 N–H and O–H groups in total. The molecule has 0 saturated heterocycles. The fourth-order valence-electron chi connectivity index (χ4n) is 3.05. The molecule has 2 aromatic rings. The van der Waals surface area contributed by atoms with Gasteiger partial charge in [0.15, 0.2) is 0 Å². The minimum absolute atomic E-state index is 0.916. The summed E-state index contributed by atoms with van der Waals surface area (Å²) in [6.45, 7) is 4.12. The molecular formula is C15H18N4. The zero-order valence-corrected chi connectivity index (χ0v) is 11.0. The summed E-state index contributed by atoms with van der Waals surface area (Å²) in [5.41, 5.74) is 4.10. The van der Waals surface area contributed by atoms with Gasteiger partial charge >= 0.3 is 0 Å². The first-order chi connectivity index (χ1) is 9.40. The second-order valence-corrected chi connectivity index (χ2v) is 5.33. The van der Waals surface area contributed by atoms with Crippen molar-refractivity contribution in [2.45, 2.75) is 25.9 Å². The number of aryl methyl sites for hydroxylation is 1. The monoisotopic (exact) mass is 254 g/mol. The molecule has 0 unspecified atom stereocenters. The summed E-state index contributed by atoms with van der Waals surface area (Å²) in [6.07, 6.45) is 6.40. The van der Waals surface area contributed by atoms with E-state index in [2.05, 4.69) is 44.2 Å². The quantitative estimate of drug-likeness (QED) is 0.847. The molecule has 0 spiro atoms. The largest absolute Gasteiger partial charge is 0.385 e. The number of hydrogen-bond donors (Lipinski definition) is 1. The number of fused-ring (bicyclic) bond motifs is 2. The van der Waals surface area contributed by atoms with Crippen LogP contribution < -0.4 is 10.2 Å². The van der Waals surface area contributed by atoms with E-state index in [1.807, 2.05) is 6.20 Å². The van der Waals surface area contributed by atoms with Gasteiger partial charge < -0.3 is 14.8 Å². The van der Waals surface area contributed by atoms with Crippen molar-refractivity contribution >= 4 is 11.4 Å². The number of benzene rings is 1. The summed E-state index contributed by atoms with van der Waals surface area (Å²) < 4.78 is 2.25. The third-order valence-electron chi connectivity index (χ3n) is 4.14. The van der Waals surface area contributed by atoms with Crippen LogP contribution in [0.3, 0.4) is 0 Å². The Hall–Kier alpha value is -1.97. The van der Waals surface area contributed by atoms with E-state index >= 15 is 0 Å². The van der Waals surface area contributed by atoms with Gasteiger partial charge in [-0.05, 0) is 36.6 Å². The standard InChI is InChI=1S/C15H18N4/c1-2-12-10-13(3-4-14(12)16-5-1)19-9-8-18-7-6-17-15(18)11-19/h3-4,6-7,10,16H,1-2,5,8-9,11H2. The van der Waals surface area contributed by atoms with Crippen molar-refractivity contribution in [3.63, 3.8) is 0 Å². The molecule has 0 atom stereocenters. The Kier molecular flexibility index (Phi) is 2.47. The van der Waals surface area contributed by atoms with Gasteiger partial charge in [-0.15, -0.1) is 0 Å². The van der Waals surface area contributed by atoms with E-state index in [-0.39, 0.29) is 0 Å². The molecule has 2 aliphatic rings. The first-order valence-electron chi connectivity index (χ1n) is 7.02.